The van der Waals surface area contributed by atoms with Gasteiger partial charge in [-0.05, 0) is 79.8 Å². The highest BCUT2D eigenvalue weighted by Crippen LogP contribution is 2.39. The largest absolute Gasteiger partial charge is 0.493 e. The van der Waals surface area contributed by atoms with Crippen LogP contribution in [0.3, 0.4) is 0 Å². The number of hydrogen-bond acceptors (Lipinski definition) is 4. The summed E-state index contributed by atoms with van der Waals surface area (Å²) in [5, 5.41) is -1.12. The van der Waals surface area contributed by atoms with Crippen LogP contribution in [-0.4, -0.2) is 26.4 Å². The van der Waals surface area contributed by atoms with Crippen LogP contribution in [-0.2, 0) is 0 Å². The number of unbranched alkanes of at least 4 members (excludes halogenated alkanes) is 10. The molecule has 0 N–H and O–H groups in total. The molecule has 13 heteroatoms. The van der Waals surface area contributed by atoms with E-state index in [4.69, 9.17) is 18.9 Å². The van der Waals surface area contributed by atoms with Crippen molar-refractivity contribution in [2.75, 3.05) is 26.4 Å². The molecule has 0 heterocycles. The predicted molar refractivity (Wildman–Crippen MR) is 255 cm³/mol. The van der Waals surface area contributed by atoms with Crippen molar-refractivity contribution in [2.24, 2.45) is 5.92 Å². The van der Waals surface area contributed by atoms with Gasteiger partial charge in [0.05, 0.1) is 37.2 Å². The first kappa shape index (κ1) is 52.8. The highest BCUT2D eigenvalue weighted by atomic mass is 19.2. The standard InChI is InChI=1S/C56H61F9O4/c1-4-19-35(20-15-11-7-9-13-17-30-68-38-24-27-39(43(57)34-38)40-25-22-36-32-45(66-5-2)53(62)55(64)47(36)49(40)58)21-16-12-8-10-14-18-31-69-44-29-28-42(51(60)52(44)61)41-26-23-37-33-46(67-6-3)54(63)56(65)48(37)50(41)59/h22-29,32-35H,4-21,30-31H2,1-3H3. The summed E-state index contributed by atoms with van der Waals surface area (Å²) in [4.78, 5) is 0. The maximum absolute atomic E-state index is 15.4. The van der Waals surface area contributed by atoms with Crippen molar-refractivity contribution in [3.8, 4) is 45.3 Å². The Morgan fingerprint density at radius 3 is 1.30 bits per heavy atom. The summed E-state index contributed by atoms with van der Waals surface area (Å²) in [6.45, 7) is 6.21. The molecule has 0 fully saturated rings. The van der Waals surface area contributed by atoms with Crippen LogP contribution in [0, 0.1) is 58.3 Å². The zero-order valence-corrected chi connectivity index (χ0v) is 39.6. The molecule has 6 aromatic carbocycles. The molecule has 1 atom stereocenters. The first-order valence-corrected chi connectivity index (χ1v) is 24.4. The SMILES string of the molecule is CCCC(CCCCCCCCOc1ccc(-c2ccc3cc(OCC)c(F)c(F)c3c2F)c(F)c1)CCCCCCCCOc1ccc(-c2ccc3cc(OCC)c(F)c(F)c3c2F)c(F)c1F. The zero-order chi connectivity index (χ0) is 49.5. The number of halogens is 9. The molecule has 372 valence electrons. The van der Waals surface area contributed by atoms with E-state index in [-0.39, 0.29) is 59.0 Å². The summed E-state index contributed by atoms with van der Waals surface area (Å²) in [5.74, 6) is -11.1. The van der Waals surface area contributed by atoms with E-state index in [2.05, 4.69) is 6.92 Å². The molecule has 0 aliphatic rings. The first-order valence-electron chi connectivity index (χ1n) is 24.4. The summed E-state index contributed by atoms with van der Waals surface area (Å²) in [6.07, 6.45) is 17.0. The van der Waals surface area contributed by atoms with Crippen molar-refractivity contribution in [1.29, 1.82) is 0 Å². The number of ether oxygens (including phenoxy) is 4. The average molecular weight is 969 g/mol. The fourth-order valence-corrected chi connectivity index (χ4v) is 9.00. The second kappa shape index (κ2) is 25.9. The molecule has 1 unspecified atom stereocenters. The molecule has 6 aromatic rings. The van der Waals surface area contributed by atoms with Gasteiger partial charge in [0.25, 0.3) is 0 Å². The van der Waals surface area contributed by atoms with Crippen molar-refractivity contribution in [1.82, 2.24) is 0 Å². The summed E-state index contributed by atoms with van der Waals surface area (Å²) < 4.78 is 156. The van der Waals surface area contributed by atoms with E-state index in [0.29, 0.717) is 24.7 Å². The molecular weight excluding hydrogens is 908 g/mol. The zero-order valence-electron chi connectivity index (χ0n) is 39.6. The van der Waals surface area contributed by atoms with Crippen molar-refractivity contribution in [3.63, 3.8) is 0 Å². The lowest BCUT2D eigenvalue weighted by Crippen LogP contribution is -2.03. The molecule has 0 spiro atoms. The molecule has 4 nitrogen and oxygen atoms in total. The van der Waals surface area contributed by atoms with Gasteiger partial charge in [0, 0.05) is 28.3 Å². The van der Waals surface area contributed by atoms with Crippen LogP contribution in [0.2, 0.25) is 0 Å². The smallest absolute Gasteiger partial charge is 0.201 e. The average Bonchev–Trinajstić information content (AvgIpc) is 3.33. The van der Waals surface area contributed by atoms with E-state index < -0.39 is 74.3 Å². The Hall–Kier alpha value is -5.59. The van der Waals surface area contributed by atoms with Crippen molar-refractivity contribution in [2.45, 2.75) is 124 Å². The lowest BCUT2D eigenvalue weighted by molar-refractivity contribution is 0.284. The second-order valence-corrected chi connectivity index (χ2v) is 17.5. The molecule has 0 aromatic heterocycles. The number of fused-ring (bicyclic) bond motifs is 2. The van der Waals surface area contributed by atoms with Gasteiger partial charge in [0.2, 0.25) is 17.5 Å². The summed E-state index contributed by atoms with van der Waals surface area (Å²) >= 11 is 0. The van der Waals surface area contributed by atoms with Gasteiger partial charge in [-0.25, -0.2) is 26.3 Å². The van der Waals surface area contributed by atoms with Gasteiger partial charge in [-0.2, -0.15) is 13.2 Å². The van der Waals surface area contributed by atoms with E-state index in [1.54, 1.807) is 19.9 Å². The van der Waals surface area contributed by atoms with Gasteiger partial charge >= 0.3 is 0 Å². The Morgan fingerprint density at radius 2 is 0.797 bits per heavy atom. The molecule has 0 radical (unpaired) electrons. The van der Waals surface area contributed by atoms with Crippen LogP contribution in [0.4, 0.5) is 39.5 Å². The Morgan fingerprint density at radius 1 is 0.362 bits per heavy atom. The van der Waals surface area contributed by atoms with Gasteiger partial charge in [-0.15, -0.1) is 0 Å². The van der Waals surface area contributed by atoms with Gasteiger partial charge < -0.3 is 18.9 Å². The molecular formula is C56H61F9O4. The fourth-order valence-electron chi connectivity index (χ4n) is 9.00. The van der Waals surface area contributed by atoms with Crippen molar-refractivity contribution in [3.05, 3.63) is 119 Å². The molecule has 0 aliphatic heterocycles. The minimum Gasteiger partial charge on any atom is -0.493 e. The maximum Gasteiger partial charge on any atom is 0.201 e. The van der Waals surface area contributed by atoms with Crippen LogP contribution in [0.1, 0.15) is 124 Å². The van der Waals surface area contributed by atoms with E-state index in [0.717, 1.165) is 76.7 Å². The number of benzene rings is 6. The highest BCUT2D eigenvalue weighted by molar-refractivity contribution is 5.91. The monoisotopic (exact) mass is 968 g/mol. The minimum absolute atomic E-state index is 0.0183. The van der Waals surface area contributed by atoms with Crippen LogP contribution < -0.4 is 18.9 Å². The molecule has 0 amide bonds. The highest BCUT2D eigenvalue weighted by Gasteiger charge is 2.25. The second-order valence-electron chi connectivity index (χ2n) is 17.5. The lowest BCUT2D eigenvalue weighted by Gasteiger charge is -2.16. The molecule has 69 heavy (non-hydrogen) atoms. The Bertz CT molecular complexity index is 2650. The van der Waals surface area contributed by atoms with E-state index in [9.17, 15) is 17.6 Å². The lowest BCUT2D eigenvalue weighted by atomic mass is 9.90. The number of rotatable bonds is 28. The first-order chi connectivity index (χ1) is 33.4. The third-order valence-corrected chi connectivity index (χ3v) is 12.6. The molecule has 0 saturated carbocycles. The molecule has 0 saturated heterocycles. The van der Waals surface area contributed by atoms with Crippen LogP contribution in [0.15, 0.2) is 66.7 Å². The third-order valence-electron chi connectivity index (χ3n) is 12.6. The summed E-state index contributed by atoms with van der Waals surface area (Å²) in [6, 6.07) is 14.1. The Balaban J connectivity index is 0.818. The van der Waals surface area contributed by atoms with Crippen LogP contribution in [0.25, 0.3) is 43.8 Å². The van der Waals surface area contributed by atoms with Gasteiger partial charge in [-0.1, -0.05) is 121 Å². The molecule has 0 bridgehead atoms. The molecule has 6 rings (SSSR count). The third kappa shape index (κ3) is 13.2. The van der Waals surface area contributed by atoms with Gasteiger partial charge in [0.15, 0.2) is 34.7 Å². The predicted octanol–water partition coefficient (Wildman–Crippen LogP) is 17.7. The summed E-state index contributed by atoms with van der Waals surface area (Å²) in [7, 11) is 0. The van der Waals surface area contributed by atoms with Crippen LogP contribution in [0.5, 0.6) is 23.0 Å². The van der Waals surface area contributed by atoms with Crippen molar-refractivity contribution < 1.29 is 58.5 Å². The summed E-state index contributed by atoms with van der Waals surface area (Å²) in [5.41, 5.74) is -1.12. The van der Waals surface area contributed by atoms with Gasteiger partial charge in [-0.3, -0.25) is 0 Å². The topological polar surface area (TPSA) is 36.9 Å². The quantitative estimate of drug-likeness (QED) is 0.0363. The van der Waals surface area contributed by atoms with E-state index >= 15 is 22.0 Å². The van der Waals surface area contributed by atoms with E-state index in [1.807, 2.05) is 0 Å². The van der Waals surface area contributed by atoms with E-state index in [1.165, 1.54) is 80.3 Å². The minimum atomic E-state index is -1.47. The normalized spacial score (nSPS) is 12.0. The van der Waals surface area contributed by atoms with Crippen LogP contribution >= 0.6 is 0 Å². The number of hydrogen-bond donors (Lipinski definition) is 0. The maximum atomic E-state index is 15.4. The molecule has 0 aliphatic carbocycles. The Kier molecular flexibility index (Phi) is 19.8. The van der Waals surface area contributed by atoms with Gasteiger partial charge in [0.1, 0.15) is 23.2 Å². The Labute approximate surface area is 399 Å². The fraction of sp³-hybridized carbons (Fsp3) is 0.429. The van der Waals surface area contributed by atoms with Crippen molar-refractivity contribution >= 4 is 21.5 Å².